The second-order valence-electron chi connectivity index (χ2n) is 6.45. The van der Waals surface area contributed by atoms with E-state index in [2.05, 4.69) is 4.72 Å². The van der Waals surface area contributed by atoms with Gasteiger partial charge in [0.15, 0.2) is 11.5 Å². The summed E-state index contributed by atoms with van der Waals surface area (Å²) >= 11 is 0. The summed E-state index contributed by atoms with van der Waals surface area (Å²) in [6.07, 6.45) is 0.476. The van der Waals surface area contributed by atoms with Gasteiger partial charge in [-0.1, -0.05) is 0 Å². The number of benzene rings is 2. The van der Waals surface area contributed by atoms with Crippen LogP contribution in [0.25, 0.3) is 0 Å². The molecule has 1 heterocycles. The van der Waals surface area contributed by atoms with Crippen LogP contribution in [0.15, 0.2) is 41.3 Å². The fourth-order valence-electron chi connectivity index (χ4n) is 2.61. The predicted octanol–water partition coefficient (Wildman–Crippen LogP) is 3.13. The number of aromatic carboxylic acids is 1. The molecule has 0 atom stereocenters. The molecule has 0 saturated heterocycles. The molecule has 0 unspecified atom stereocenters. The Balaban J connectivity index is 1.96. The topological polar surface area (TPSA) is 111 Å². The Morgan fingerprint density at radius 1 is 1.11 bits per heavy atom. The monoisotopic (exact) mass is 407 g/mol. The zero-order chi connectivity index (χ0) is 20.3. The molecule has 2 aromatic rings. The highest BCUT2D eigenvalue weighted by atomic mass is 32.2. The number of carbonyl (C=O) groups is 1. The van der Waals surface area contributed by atoms with Gasteiger partial charge in [0.05, 0.1) is 35.5 Å². The van der Waals surface area contributed by atoms with Gasteiger partial charge in [-0.15, -0.1) is 0 Å². The van der Waals surface area contributed by atoms with Crippen molar-refractivity contribution in [2.75, 3.05) is 17.9 Å². The maximum atomic E-state index is 12.9. The van der Waals surface area contributed by atoms with Crippen LogP contribution in [0.2, 0.25) is 0 Å². The minimum atomic E-state index is -4.02. The number of hydrogen-bond donors (Lipinski definition) is 2. The second kappa shape index (κ2) is 7.97. The molecule has 8 nitrogen and oxygen atoms in total. The summed E-state index contributed by atoms with van der Waals surface area (Å²) in [5.41, 5.74) is -0.0202. The highest BCUT2D eigenvalue weighted by molar-refractivity contribution is 7.92. The molecule has 0 radical (unpaired) electrons. The minimum absolute atomic E-state index is 0.0343. The van der Waals surface area contributed by atoms with E-state index in [1.54, 1.807) is 13.8 Å². The molecular weight excluding hydrogens is 386 g/mol. The number of fused-ring (bicyclic) bond motifs is 1. The number of ether oxygens (including phenoxy) is 3. The number of rotatable bonds is 6. The lowest BCUT2D eigenvalue weighted by Crippen LogP contribution is -2.16. The van der Waals surface area contributed by atoms with Crippen LogP contribution in [0.5, 0.6) is 17.2 Å². The molecule has 0 bridgehead atoms. The molecule has 9 heteroatoms. The zero-order valence-electron chi connectivity index (χ0n) is 15.5. The van der Waals surface area contributed by atoms with Crippen molar-refractivity contribution in [1.82, 2.24) is 0 Å². The molecule has 0 fully saturated rings. The Bertz CT molecular complexity index is 986. The number of nitrogens with one attached hydrogen (secondary N) is 1. The number of anilines is 1. The molecule has 1 aliphatic heterocycles. The molecule has 0 aromatic heterocycles. The Morgan fingerprint density at radius 2 is 1.82 bits per heavy atom. The van der Waals surface area contributed by atoms with Crippen molar-refractivity contribution in [3.05, 3.63) is 42.0 Å². The summed E-state index contributed by atoms with van der Waals surface area (Å²) in [5.74, 6) is -0.114. The lowest BCUT2D eigenvalue weighted by molar-refractivity contribution is 0.0697. The first-order valence-electron chi connectivity index (χ1n) is 8.73. The summed E-state index contributed by atoms with van der Waals surface area (Å²) in [6.45, 7) is 4.49. The van der Waals surface area contributed by atoms with Gasteiger partial charge >= 0.3 is 5.97 Å². The summed E-state index contributed by atoms with van der Waals surface area (Å²) in [4.78, 5) is 11.2. The summed E-state index contributed by atoms with van der Waals surface area (Å²) in [7, 11) is -4.02. The van der Waals surface area contributed by atoms with Gasteiger partial charge in [-0.05, 0) is 44.2 Å². The smallest absolute Gasteiger partial charge is 0.335 e. The van der Waals surface area contributed by atoms with Gasteiger partial charge in [-0.25, -0.2) is 13.2 Å². The maximum absolute atomic E-state index is 12.9. The summed E-state index contributed by atoms with van der Waals surface area (Å²) < 4.78 is 44.8. The van der Waals surface area contributed by atoms with Crippen LogP contribution in [0.1, 0.15) is 30.6 Å². The van der Waals surface area contributed by atoms with Crippen LogP contribution in [-0.4, -0.2) is 38.8 Å². The largest absolute Gasteiger partial charge is 0.490 e. The van der Waals surface area contributed by atoms with Crippen LogP contribution in [0, 0.1) is 0 Å². The highest BCUT2D eigenvalue weighted by Gasteiger charge is 2.21. The SMILES string of the molecule is CC(C)Oc1ccc(C(=O)O)cc1NS(=O)(=O)c1ccc2c(c1)OCCCO2. The predicted molar refractivity (Wildman–Crippen MR) is 102 cm³/mol. The molecule has 1 aliphatic rings. The van der Waals surface area contributed by atoms with Crippen molar-refractivity contribution in [2.24, 2.45) is 0 Å². The van der Waals surface area contributed by atoms with Crippen molar-refractivity contribution in [3.63, 3.8) is 0 Å². The first-order chi connectivity index (χ1) is 13.3. The van der Waals surface area contributed by atoms with Gasteiger partial charge in [0.2, 0.25) is 0 Å². The van der Waals surface area contributed by atoms with E-state index in [1.165, 1.54) is 36.4 Å². The van der Waals surface area contributed by atoms with Crippen LogP contribution >= 0.6 is 0 Å². The first kappa shape index (κ1) is 19.8. The van der Waals surface area contributed by atoms with Crippen molar-refractivity contribution in [3.8, 4) is 17.2 Å². The lowest BCUT2D eigenvalue weighted by atomic mass is 10.2. The summed E-state index contributed by atoms with van der Waals surface area (Å²) in [5, 5.41) is 9.21. The fraction of sp³-hybridized carbons (Fsp3) is 0.316. The Hall–Kier alpha value is -2.94. The van der Waals surface area contributed by atoms with E-state index >= 15 is 0 Å². The molecule has 0 saturated carbocycles. The molecule has 0 spiro atoms. The lowest BCUT2D eigenvalue weighted by Gasteiger charge is -2.17. The number of carboxylic acids is 1. The molecule has 150 valence electrons. The Kier molecular flexibility index (Phi) is 5.64. The molecule has 3 rings (SSSR count). The van der Waals surface area contributed by atoms with E-state index in [4.69, 9.17) is 14.2 Å². The molecule has 2 aromatic carbocycles. The fourth-order valence-corrected chi connectivity index (χ4v) is 3.69. The van der Waals surface area contributed by atoms with Crippen LogP contribution in [0.4, 0.5) is 5.69 Å². The molecule has 0 amide bonds. The van der Waals surface area contributed by atoms with Gasteiger partial charge in [-0.2, -0.15) is 0 Å². The second-order valence-corrected chi connectivity index (χ2v) is 8.13. The Morgan fingerprint density at radius 3 is 2.50 bits per heavy atom. The first-order valence-corrected chi connectivity index (χ1v) is 10.2. The highest BCUT2D eigenvalue weighted by Crippen LogP contribution is 2.34. The van der Waals surface area contributed by atoms with Gasteiger partial charge in [0.25, 0.3) is 10.0 Å². The third-order valence-corrected chi connectivity index (χ3v) is 5.23. The van der Waals surface area contributed by atoms with Crippen LogP contribution in [-0.2, 0) is 10.0 Å². The van der Waals surface area contributed by atoms with Gasteiger partial charge in [-0.3, -0.25) is 4.72 Å². The van der Waals surface area contributed by atoms with Gasteiger partial charge in [0.1, 0.15) is 5.75 Å². The molecule has 2 N–H and O–H groups in total. The zero-order valence-corrected chi connectivity index (χ0v) is 16.3. The quantitative estimate of drug-likeness (QED) is 0.757. The number of sulfonamides is 1. The van der Waals surface area contributed by atoms with Crippen molar-refractivity contribution in [2.45, 2.75) is 31.3 Å². The minimum Gasteiger partial charge on any atom is -0.490 e. The van der Waals surface area contributed by atoms with Gasteiger partial charge in [0, 0.05) is 12.5 Å². The maximum Gasteiger partial charge on any atom is 0.335 e. The average molecular weight is 407 g/mol. The molecular formula is C19H21NO7S. The normalized spacial score (nSPS) is 13.7. The Labute approximate surface area is 163 Å². The number of carboxylic acid groups (broad SMARTS) is 1. The van der Waals surface area contributed by atoms with Crippen molar-refractivity contribution >= 4 is 21.7 Å². The van der Waals surface area contributed by atoms with Crippen LogP contribution < -0.4 is 18.9 Å². The van der Waals surface area contributed by atoms with Gasteiger partial charge < -0.3 is 19.3 Å². The van der Waals surface area contributed by atoms with E-state index in [9.17, 15) is 18.3 Å². The van der Waals surface area contributed by atoms with E-state index in [-0.39, 0.29) is 28.0 Å². The molecule has 28 heavy (non-hydrogen) atoms. The third-order valence-electron chi connectivity index (χ3n) is 3.86. The van der Waals surface area contributed by atoms with E-state index in [1.807, 2.05) is 0 Å². The molecule has 0 aliphatic carbocycles. The van der Waals surface area contributed by atoms with E-state index < -0.39 is 16.0 Å². The van der Waals surface area contributed by atoms with Crippen molar-refractivity contribution < 1.29 is 32.5 Å². The van der Waals surface area contributed by atoms with Crippen LogP contribution in [0.3, 0.4) is 0 Å². The average Bonchev–Trinajstić information content (AvgIpc) is 2.87. The van der Waals surface area contributed by atoms with Crippen molar-refractivity contribution in [1.29, 1.82) is 0 Å². The van der Waals surface area contributed by atoms with E-state index in [0.717, 1.165) is 0 Å². The summed E-state index contributed by atoms with van der Waals surface area (Å²) in [6, 6.07) is 8.32. The third kappa shape index (κ3) is 4.48. The van der Waals surface area contributed by atoms with E-state index in [0.29, 0.717) is 31.1 Å². The number of hydrogen-bond acceptors (Lipinski definition) is 6. The standard InChI is InChI=1S/C19H21NO7S/c1-12(2)27-16-6-4-13(19(21)22)10-15(16)20-28(23,24)14-5-7-17-18(11-14)26-9-3-8-25-17/h4-7,10-12,20H,3,8-9H2,1-2H3,(H,21,22).